The van der Waals surface area contributed by atoms with E-state index in [4.69, 9.17) is 0 Å². The van der Waals surface area contributed by atoms with Crippen LogP contribution in [0, 0.1) is 19.7 Å². The zero-order valence-electron chi connectivity index (χ0n) is 23.0. The van der Waals surface area contributed by atoms with Crippen molar-refractivity contribution < 1.29 is 14.0 Å². The van der Waals surface area contributed by atoms with Gasteiger partial charge in [0.1, 0.15) is 11.4 Å². The molecule has 9 heteroatoms. The molecule has 3 aromatic rings. The van der Waals surface area contributed by atoms with E-state index in [1.807, 2.05) is 63.2 Å². The Morgan fingerprint density at radius 1 is 0.974 bits per heavy atom. The minimum absolute atomic E-state index is 0.00670. The smallest absolute Gasteiger partial charge is 0.250 e. The van der Waals surface area contributed by atoms with Gasteiger partial charge in [0, 0.05) is 49.0 Å². The molecule has 1 saturated carbocycles. The summed E-state index contributed by atoms with van der Waals surface area (Å²) in [7, 11) is 3.91. The van der Waals surface area contributed by atoms with Crippen LogP contribution in [0.5, 0.6) is 0 Å². The molecule has 39 heavy (non-hydrogen) atoms. The molecule has 2 amide bonds. The highest BCUT2D eigenvalue weighted by molar-refractivity contribution is 7.99. The predicted molar refractivity (Wildman–Crippen MR) is 154 cm³/mol. The lowest BCUT2D eigenvalue weighted by atomic mass is 9.79. The maximum absolute atomic E-state index is 14.8. The molecule has 0 spiro atoms. The third-order valence-electron chi connectivity index (χ3n) is 7.14. The normalized spacial score (nSPS) is 14.5. The molecule has 2 aromatic carbocycles. The second-order valence-electron chi connectivity index (χ2n) is 10.3. The number of aromatic nitrogens is 2. The molecule has 0 aliphatic heterocycles. The number of benzene rings is 2. The lowest BCUT2D eigenvalue weighted by Crippen LogP contribution is -2.60. The van der Waals surface area contributed by atoms with E-state index in [0.717, 1.165) is 36.3 Å². The molecule has 206 valence electrons. The van der Waals surface area contributed by atoms with Gasteiger partial charge >= 0.3 is 0 Å². The largest absolute Gasteiger partial charge is 0.378 e. The van der Waals surface area contributed by atoms with Gasteiger partial charge in [-0.15, -0.1) is 0 Å². The number of nitrogens with zero attached hydrogens (tertiary/aromatic N) is 4. The summed E-state index contributed by atoms with van der Waals surface area (Å²) in [5, 5.41) is 3.58. The van der Waals surface area contributed by atoms with Crippen LogP contribution in [0.4, 0.5) is 15.8 Å². The molecule has 0 bridgehead atoms. The van der Waals surface area contributed by atoms with E-state index < -0.39 is 11.4 Å². The van der Waals surface area contributed by atoms with Crippen LogP contribution in [0.15, 0.2) is 59.8 Å². The number of hydrogen-bond acceptors (Lipinski definition) is 6. The van der Waals surface area contributed by atoms with Gasteiger partial charge in [0.2, 0.25) is 11.8 Å². The highest BCUT2D eigenvalue weighted by Crippen LogP contribution is 2.37. The van der Waals surface area contributed by atoms with E-state index in [0.29, 0.717) is 29.2 Å². The second kappa shape index (κ2) is 12.6. The molecule has 1 aliphatic carbocycles. The van der Waals surface area contributed by atoms with Crippen molar-refractivity contribution in [3.63, 3.8) is 0 Å². The molecule has 1 aromatic heterocycles. The number of hydrogen-bond donors (Lipinski definition) is 1. The average Bonchev–Trinajstić information content (AvgIpc) is 2.91. The van der Waals surface area contributed by atoms with Crippen LogP contribution in [0.25, 0.3) is 0 Å². The Bertz CT molecular complexity index is 1290. The van der Waals surface area contributed by atoms with Gasteiger partial charge in [-0.2, -0.15) is 0 Å². The number of rotatable bonds is 9. The third-order valence-corrected chi connectivity index (χ3v) is 7.97. The summed E-state index contributed by atoms with van der Waals surface area (Å²) in [4.78, 5) is 40.4. The quantitative estimate of drug-likeness (QED) is 0.270. The van der Waals surface area contributed by atoms with Crippen LogP contribution < -0.4 is 10.2 Å². The Kier molecular flexibility index (Phi) is 9.22. The molecule has 0 unspecified atom stereocenters. The highest BCUT2D eigenvalue weighted by Gasteiger charge is 2.47. The van der Waals surface area contributed by atoms with Crippen molar-refractivity contribution in [2.45, 2.75) is 63.2 Å². The maximum atomic E-state index is 14.8. The summed E-state index contributed by atoms with van der Waals surface area (Å²) >= 11 is 1.24. The van der Waals surface area contributed by atoms with Crippen molar-refractivity contribution in [1.29, 1.82) is 0 Å². The third kappa shape index (κ3) is 6.95. The van der Waals surface area contributed by atoms with Crippen molar-refractivity contribution in [1.82, 2.24) is 14.9 Å². The summed E-state index contributed by atoms with van der Waals surface area (Å²) in [6.07, 6.45) is 3.63. The summed E-state index contributed by atoms with van der Waals surface area (Å²) in [6.45, 7) is 3.78. The summed E-state index contributed by atoms with van der Waals surface area (Å²) in [6, 6.07) is 15.9. The molecule has 4 rings (SSSR count). The molecule has 7 nitrogen and oxygen atoms in total. The monoisotopic (exact) mass is 549 g/mol. The first-order valence-electron chi connectivity index (χ1n) is 13.3. The van der Waals surface area contributed by atoms with Crippen LogP contribution in [-0.4, -0.2) is 52.1 Å². The molecule has 1 fully saturated rings. The topological polar surface area (TPSA) is 78.4 Å². The number of nitrogens with one attached hydrogen (secondary N) is 1. The molecule has 1 heterocycles. The van der Waals surface area contributed by atoms with E-state index in [1.165, 1.54) is 17.8 Å². The highest BCUT2D eigenvalue weighted by atomic mass is 32.2. The first-order chi connectivity index (χ1) is 18.7. The molecule has 0 saturated heterocycles. The molecule has 1 aliphatic rings. The summed E-state index contributed by atoms with van der Waals surface area (Å²) in [5.41, 5.74) is 2.61. The Morgan fingerprint density at radius 3 is 2.23 bits per heavy atom. The fourth-order valence-corrected chi connectivity index (χ4v) is 5.91. The first kappa shape index (κ1) is 28.5. The van der Waals surface area contributed by atoms with Crippen LogP contribution in [0.2, 0.25) is 0 Å². The zero-order chi connectivity index (χ0) is 28.0. The van der Waals surface area contributed by atoms with Gasteiger partial charge in [0.15, 0.2) is 5.16 Å². The second-order valence-corrected chi connectivity index (χ2v) is 11.2. The molecular formula is C30H36FN5O2S. The number of anilines is 2. The molecular weight excluding hydrogens is 513 g/mol. The molecule has 0 radical (unpaired) electrons. The number of halogens is 1. The van der Waals surface area contributed by atoms with Crippen molar-refractivity contribution in [2.24, 2.45) is 0 Å². The van der Waals surface area contributed by atoms with Crippen LogP contribution >= 0.6 is 11.8 Å². The summed E-state index contributed by atoms with van der Waals surface area (Å²) in [5.74, 6) is -0.835. The number of carbonyl (C=O) groups excluding carboxylic acids is 2. The molecule has 1 N–H and O–H groups in total. The van der Waals surface area contributed by atoms with Crippen LogP contribution in [0.3, 0.4) is 0 Å². The van der Waals surface area contributed by atoms with Crippen molar-refractivity contribution in [3.05, 3.63) is 77.4 Å². The van der Waals surface area contributed by atoms with Gasteiger partial charge in [-0.3, -0.25) is 9.59 Å². The average molecular weight is 550 g/mol. The van der Waals surface area contributed by atoms with Gasteiger partial charge in [-0.05, 0) is 63.1 Å². The fourth-order valence-electron chi connectivity index (χ4n) is 5.08. The van der Waals surface area contributed by atoms with Crippen LogP contribution in [0.1, 0.15) is 49.1 Å². The zero-order valence-corrected chi connectivity index (χ0v) is 23.9. The van der Waals surface area contributed by atoms with Crippen molar-refractivity contribution in [2.75, 3.05) is 30.1 Å². The predicted octanol–water partition coefficient (Wildman–Crippen LogP) is 5.76. The number of amides is 2. The lowest BCUT2D eigenvalue weighted by molar-refractivity contribution is -0.146. The van der Waals surface area contributed by atoms with E-state index in [9.17, 15) is 14.0 Å². The van der Waals surface area contributed by atoms with E-state index >= 15 is 0 Å². The summed E-state index contributed by atoms with van der Waals surface area (Å²) < 4.78 is 14.8. The Balaban J connectivity index is 1.65. The van der Waals surface area contributed by atoms with E-state index in [1.54, 1.807) is 23.1 Å². The van der Waals surface area contributed by atoms with Gasteiger partial charge < -0.3 is 15.1 Å². The van der Waals surface area contributed by atoms with Crippen molar-refractivity contribution in [3.8, 4) is 0 Å². The number of aryl methyl sites for hydroxylation is 2. The first-order valence-corrected chi connectivity index (χ1v) is 14.2. The minimum Gasteiger partial charge on any atom is -0.378 e. The van der Waals surface area contributed by atoms with Crippen LogP contribution in [-0.2, 0) is 16.1 Å². The van der Waals surface area contributed by atoms with E-state index in [-0.39, 0.29) is 24.1 Å². The van der Waals surface area contributed by atoms with E-state index in [2.05, 4.69) is 15.3 Å². The van der Waals surface area contributed by atoms with Gasteiger partial charge in [-0.25, -0.2) is 14.4 Å². The van der Waals surface area contributed by atoms with Gasteiger partial charge in [-0.1, -0.05) is 49.2 Å². The lowest BCUT2D eigenvalue weighted by Gasteiger charge is -2.45. The SMILES string of the molecule is Cc1cc(C)nc(SCC(=O)N(Cc2ccccc2F)C2(C(=O)Nc3ccc(N(C)C)cc3)CCCCC2)n1. The van der Waals surface area contributed by atoms with Gasteiger partial charge in [0.25, 0.3) is 0 Å². The standard InChI is InChI=1S/C30H36FN5O2S/c1-21-18-22(2)33-29(32-21)39-20-27(37)36(19-23-10-6-7-11-26(23)31)30(16-8-5-9-17-30)28(38)34-24-12-14-25(15-13-24)35(3)4/h6-7,10-15,18H,5,8-9,16-17,19-20H2,1-4H3,(H,34,38). The number of carbonyl (C=O) groups is 2. The number of thioether (sulfide) groups is 1. The van der Waals surface area contributed by atoms with Crippen molar-refractivity contribution >= 4 is 35.0 Å². The molecule has 0 atom stereocenters. The fraction of sp³-hybridized carbons (Fsp3) is 0.400. The Morgan fingerprint density at radius 2 is 1.62 bits per heavy atom. The maximum Gasteiger partial charge on any atom is 0.250 e. The minimum atomic E-state index is -1.10. The Hall–Kier alpha value is -3.46. The van der Waals surface area contributed by atoms with Gasteiger partial charge in [0.05, 0.1) is 5.75 Å². The Labute approximate surface area is 234 Å².